The van der Waals surface area contributed by atoms with Gasteiger partial charge in [0.1, 0.15) is 0 Å². The minimum atomic E-state index is 0.812. The highest BCUT2D eigenvalue weighted by Crippen LogP contribution is 2.36. The van der Waals surface area contributed by atoms with Crippen LogP contribution in [0.25, 0.3) is 11.1 Å². The van der Waals surface area contributed by atoms with Crippen LogP contribution in [0.15, 0.2) is 48.5 Å². The van der Waals surface area contributed by atoms with E-state index in [-0.39, 0.29) is 0 Å². The Morgan fingerprint density at radius 3 is 1.81 bits per heavy atom. The van der Waals surface area contributed by atoms with E-state index in [0.717, 1.165) is 17.8 Å². The maximum absolute atomic E-state index is 2.48. The summed E-state index contributed by atoms with van der Waals surface area (Å²) in [6, 6.07) is 18.5. The summed E-state index contributed by atoms with van der Waals surface area (Å²) in [6.07, 6.45) is 12.3. The Hall–Kier alpha value is -1.56. The van der Waals surface area contributed by atoms with E-state index in [9.17, 15) is 0 Å². The molecule has 1 unspecified atom stereocenters. The maximum atomic E-state index is 2.48. The molecule has 1 atom stereocenters. The van der Waals surface area contributed by atoms with Gasteiger partial charge in [0, 0.05) is 0 Å². The Bertz CT molecular complexity index is 656. The number of rotatable bonds is 8. The Morgan fingerprint density at radius 2 is 1.30 bits per heavy atom. The molecular formula is C27H38. The molecule has 1 fully saturated rings. The number of hydrogen-bond donors (Lipinski definition) is 0. The molecule has 0 amide bonds. The van der Waals surface area contributed by atoms with Gasteiger partial charge in [0.05, 0.1) is 0 Å². The molecule has 146 valence electrons. The average Bonchev–Trinajstić information content (AvgIpc) is 2.70. The third-order valence-corrected chi connectivity index (χ3v) is 6.73. The van der Waals surface area contributed by atoms with Crippen LogP contribution in [0.5, 0.6) is 0 Å². The van der Waals surface area contributed by atoms with Crippen LogP contribution in [0.2, 0.25) is 0 Å². The zero-order valence-corrected chi connectivity index (χ0v) is 17.7. The van der Waals surface area contributed by atoms with Crippen LogP contribution in [0.1, 0.15) is 76.8 Å². The second kappa shape index (κ2) is 10.1. The molecule has 0 aliphatic heterocycles. The van der Waals surface area contributed by atoms with Crippen molar-refractivity contribution in [1.82, 2.24) is 0 Å². The van der Waals surface area contributed by atoms with E-state index >= 15 is 0 Å². The fourth-order valence-corrected chi connectivity index (χ4v) is 4.98. The van der Waals surface area contributed by atoms with Gasteiger partial charge in [-0.15, -0.1) is 0 Å². The summed E-state index contributed by atoms with van der Waals surface area (Å²) in [5.41, 5.74) is 5.63. The SMILES string of the molecule is CCCc1ccc(-c2ccc(CC(C)C3CCC(CCC)CC3)cc2)cc1. The van der Waals surface area contributed by atoms with Crippen molar-refractivity contribution in [3.05, 3.63) is 59.7 Å². The van der Waals surface area contributed by atoms with Crippen LogP contribution in [0, 0.1) is 17.8 Å². The number of benzene rings is 2. The zero-order chi connectivity index (χ0) is 19.1. The van der Waals surface area contributed by atoms with Crippen molar-refractivity contribution in [3.8, 4) is 11.1 Å². The average molecular weight is 363 g/mol. The number of aryl methyl sites for hydroxylation is 1. The van der Waals surface area contributed by atoms with E-state index in [1.807, 2.05) is 0 Å². The van der Waals surface area contributed by atoms with E-state index in [4.69, 9.17) is 0 Å². The largest absolute Gasteiger partial charge is 0.0654 e. The van der Waals surface area contributed by atoms with Crippen LogP contribution in [0.4, 0.5) is 0 Å². The van der Waals surface area contributed by atoms with Crippen LogP contribution in [0.3, 0.4) is 0 Å². The lowest BCUT2D eigenvalue weighted by Gasteiger charge is -2.32. The monoisotopic (exact) mass is 362 g/mol. The van der Waals surface area contributed by atoms with Gasteiger partial charge in [0.2, 0.25) is 0 Å². The van der Waals surface area contributed by atoms with Crippen LogP contribution in [-0.4, -0.2) is 0 Å². The first-order chi connectivity index (χ1) is 13.2. The molecule has 1 aliphatic carbocycles. The first-order valence-corrected chi connectivity index (χ1v) is 11.4. The molecule has 2 aromatic carbocycles. The van der Waals surface area contributed by atoms with Gasteiger partial charge in [-0.2, -0.15) is 0 Å². The van der Waals surface area contributed by atoms with Crippen molar-refractivity contribution in [3.63, 3.8) is 0 Å². The highest BCUT2D eigenvalue weighted by Gasteiger charge is 2.24. The topological polar surface area (TPSA) is 0 Å². The molecule has 0 heterocycles. The van der Waals surface area contributed by atoms with Gasteiger partial charge in [-0.1, -0.05) is 101 Å². The molecule has 0 spiro atoms. The summed E-state index contributed by atoms with van der Waals surface area (Å²) in [5.74, 6) is 2.76. The molecule has 0 aromatic heterocycles. The van der Waals surface area contributed by atoms with E-state index in [0.29, 0.717) is 0 Å². The lowest BCUT2D eigenvalue weighted by Crippen LogP contribution is -2.21. The third kappa shape index (κ3) is 5.71. The molecule has 0 radical (unpaired) electrons. The van der Waals surface area contributed by atoms with E-state index < -0.39 is 0 Å². The van der Waals surface area contributed by atoms with Gasteiger partial charge in [0.25, 0.3) is 0 Å². The van der Waals surface area contributed by atoms with Crippen molar-refractivity contribution in [2.24, 2.45) is 17.8 Å². The summed E-state index contributed by atoms with van der Waals surface area (Å²) in [6.45, 7) is 7.05. The van der Waals surface area contributed by atoms with E-state index in [1.165, 1.54) is 80.0 Å². The lowest BCUT2D eigenvalue weighted by molar-refractivity contribution is 0.206. The molecule has 0 nitrogen and oxygen atoms in total. The van der Waals surface area contributed by atoms with Crippen LogP contribution in [-0.2, 0) is 12.8 Å². The molecule has 2 aromatic rings. The molecule has 27 heavy (non-hydrogen) atoms. The minimum absolute atomic E-state index is 0.812. The second-order valence-corrected chi connectivity index (χ2v) is 8.89. The Kier molecular flexibility index (Phi) is 7.56. The predicted molar refractivity (Wildman–Crippen MR) is 119 cm³/mol. The fourth-order valence-electron chi connectivity index (χ4n) is 4.98. The van der Waals surface area contributed by atoms with E-state index in [2.05, 4.69) is 69.3 Å². The molecular weight excluding hydrogens is 324 g/mol. The quantitative estimate of drug-likeness (QED) is 0.445. The number of hydrogen-bond acceptors (Lipinski definition) is 0. The molecule has 1 saturated carbocycles. The van der Waals surface area contributed by atoms with Crippen molar-refractivity contribution in [1.29, 1.82) is 0 Å². The van der Waals surface area contributed by atoms with Crippen LogP contribution < -0.4 is 0 Å². The summed E-state index contributed by atoms with van der Waals surface area (Å²) < 4.78 is 0. The highest BCUT2D eigenvalue weighted by atomic mass is 14.3. The van der Waals surface area contributed by atoms with Gasteiger partial charge >= 0.3 is 0 Å². The normalized spacial score (nSPS) is 21.1. The Balaban J connectivity index is 1.54. The van der Waals surface area contributed by atoms with Gasteiger partial charge in [0.15, 0.2) is 0 Å². The standard InChI is InChI=1S/C27H38/c1-4-6-22-8-14-25(15-9-22)21(3)20-24-12-18-27(19-13-24)26-16-10-23(7-5-2)11-17-26/h10-13,16-19,21-22,25H,4-9,14-15,20H2,1-3H3. The smallest absolute Gasteiger partial charge is 0.0184 e. The summed E-state index contributed by atoms with van der Waals surface area (Å²) in [4.78, 5) is 0. The lowest BCUT2D eigenvalue weighted by atomic mass is 9.73. The Labute approximate surface area is 167 Å². The van der Waals surface area contributed by atoms with Crippen molar-refractivity contribution in [2.45, 2.75) is 78.6 Å². The van der Waals surface area contributed by atoms with Crippen LogP contribution >= 0.6 is 0 Å². The fraction of sp³-hybridized carbons (Fsp3) is 0.556. The molecule has 0 saturated heterocycles. The molecule has 0 bridgehead atoms. The second-order valence-electron chi connectivity index (χ2n) is 8.89. The first kappa shape index (κ1) is 20.2. The summed E-state index contributed by atoms with van der Waals surface area (Å²) in [5, 5.41) is 0. The van der Waals surface area contributed by atoms with Gasteiger partial charge in [-0.25, -0.2) is 0 Å². The molecule has 1 aliphatic rings. The van der Waals surface area contributed by atoms with Gasteiger partial charge in [-0.05, 0) is 65.7 Å². The highest BCUT2D eigenvalue weighted by molar-refractivity contribution is 5.64. The Morgan fingerprint density at radius 1 is 0.741 bits per heavy atom. The van der Waals surface area contributed by atoms with Crippen molar-refractivity contribution >= 4 is 0 Å². The molecule has 3 rings (SSSR count). The predicted octanol–water partition coefficient (Wildman–Crippen LogP) is 8.09. The first-order valence-electron chi connectivity index (χ1n) is 11.4. The van der Waals surface area contributed by atoms with Gasteiger partial charge in [-0.3, -0.25) is 0 Å². The third-order valence-electron chi connectivity index (χ3n) is 6.73. The summed E-state index contributed by atoms with van der Waals surface area (Å²) >= 11 is 0. The van der Waals surface area contributed by atoms with E-state index in [1.54, 1.807) is 0 Å². The van der Waals surface area contributed by atoms with Crippen molar-refractivity contribution < 1.29 is 0 Å². The summed E-state index contributed by atoms with van der Waals surface area (Å²) in [7, 11) is 0. The zero-order valence-electron chi connectivity index (χ0n) is 17.7. The molecule has 0 heteroatoms. The van der Waals surface area contributed by atoms with Gasteiger partial charge < -0.3 is 0 Å². The maximum Gasteiger partial charge on any atom is -0.0184 e. The molecule has 0 N–H and O–H groups in total. The van der Waals surface area contributed by atoms with Crippen molar-refractivity contribution in [2.75, 3.05) is 0 Å². The minimum Gasteiger partial charge on any atom is -0.0654 e.